The van der Waals surface area contributed by atoms with Crippen molar-refractivity contribution in [1.29, 1.82) is 0 Å². The van der Waals surface area contributed by atoms with Gasteiger partial charge in [0.15, 0.2) is 0 Å². The summed E-state index contributed by atoms with van der Waals surface area (Å²) in [4.78, 5) is 23.9. The summed E-state index contributed by atoms with van der Waals surface area (Å²) in [5, 5.41) is 5.73. The number of hydrogen-bond acceptors (Lipinski definition) is 3. The van der Waals surface area contributed by atoms with Gasteiger partial charge in [0.25, 0.3) is 5.91 Å². The molecule has 2 atom stereocenters. The molecule has 0 saturated carbocycles. The molecule has 0 aromatic heterocycles. The van der Waals surface area contributed by atoms with Crippen LogP contribution in [0.15, 0.2) is 36.4 Å². The van der Waals surface area contributed by atoms with E-state index in [1.807, 2.05) is 0 Å². The number of anilines is 2. The van der Waals surface area contributed by atoms with Crippen molar-refractivity contribution < 1.29 is 14.3 Å². The molecule has 2 aliphatic rings. The summed E-state index contributed by atoms with van der Waals surface area (Å²) < 4.78 is 5.35. The number of amides is 2. The molecule has 2 N–H and O–H groups in total. The third-order valence-corrected chi connectivity index (χ3v) is 4.22. The standard InChI is InChI=1S/C18H22N2O3/c21-17(12-13-4-1-2-5-13)19-14-7-9-15(10-8-14)20-18(22)16-6-3-11-23-16/h1,4,7-10,13,16H,2-3,5-6,11-12H2,(H,19,21)(H,20,22)/t13-,16+/m1/s1. The van der Waals surface area contributed by atoms with Gasteiger partial charge in [-0.25, -0.2) is 0 Å². The number of nitrogens with one attached hydrogen (secondary N) is 2. The molecule has 0 bridgehead atoms. The van der Waals surface area contributed by atoms with Gasteiger partial charge in [-0.2, -0.15) is 0 Å². The maximum Gasteiger partial charge on any atom is 0.253 e. The van der Waals surface area contributed by atoms with Crippen LogP contribution in [-0.4, -0.2) is 24.5 Å². The van der Waals surface area contributed by atoms with E-state index in [9.17, 15) is 9.59 Å². The highest BCUT2D eigenvalue weighted by Crippen LogP contribution is 2.22. The lowest BCUT2D eigenvalue weighted by Gasteiger charge is -2.12. The first kappa shape index (κ1) is 15.7. The molecule has 5 heteroatoms. The van der Waals surface area contributed by atoms with Crippen LogP contribution in [0.5, 0.6) is 0 Å². The Balaban J connectivity index is 1.49. The number of allylic oxidation sites excluding steroid dienone is 2. The predicted octanol–water partition coefficient (Wildman–Crippen LogP) is 3.10. The lowest BCUT2D eigenvalue weighted by molar-refractivity contribution is -0.124. The monoisotopic (exact) mass is 314 g/mol. The quantitative estimate of drug-likeness (QED) is 0.821. The first-order valence-electron chi connectivity index (χ1n) is 8.20. The zero-order valence-electron chi connectivity index (χ0n) is 13.1. The van der Waals surface area contributed by atoms with E-state index >= 15 is 0 Å². The molecule has 1 aromatic rings. The first-order valence-corrected chi connectivity index (χ1v) is 8.20. The average molecular weight is 314 g/mol. The maximum absolute atomic E-state index is 12.0. The Labute approximate surface area is 136 Å². The van der Waals surface area contributed by atoms with E-state index in [1.54, 1.807) is 24.3 Å². The Bertz CT molecular complexity index is 589. The van der Waals surface area contributed by atoms with Crippen LogP contribution in [0.3, 0.4) is 0 Å². The largest absolute Gasteiger partial charge is 0.368 e. The lowest BCUT2D eigenvalue weighted by Crippen LogP contribution is -2.26. The van der Waals surface area contributed by atoms with E-state index in [2.05, 4.69) is 22.8 Å². The fourth-order valence-electron chi connectivity index (χ4n) is 2.96. The zero-order valence-corrected chi connectivity index (χ0v) is 13.1. The van der Waals surface area contributed by atoms with Crippen LogP contribution >= 0.6 is 0 Å². The summed E-state index contributed by atoms with van der Waals surface area (Å²) in [6, 6.07) is 7.18. The molecule has 3 rings (SSSR count). The highest BCUT2D eigenvalue weighted by molar-refractivity contribution is 5.95. The van der Waals surface area contributed by atoms with Crippen molar-refractivity contribution in [3.63, 3.8) is 0 Å². The van der Waals surface area contributed by atoms with Crippen molar-refractivity contribution in [3.8, 4) is 0 Å². The summed E-state index contributed by atoms with van der Waals surface area (Å²) in [6.45, 7) is 0.652. The number of carbonyl (C=O) groups is 2. The van der Waals surface area contributed by atoms with Crippen LogP contribution in [0.1, 0.15) is 32.1 Å². The number of rotatable bonds is 5. The van der Waals surface area contributed by atoms with Gasteiger partial charge in [-0.1, -0.05) is 12.2 Å². The topological polar surface area (TPSA) is 67.4 Å². The minimum atomic E-state index is -0.339. The van der Waals surface area contributed by atoms with Gasteiger partial charge in [-0.15, -0.1) is 0 Å². The van der Waals surface area contributed by atoms with Crippen molar-refractivity contribution in [3.05, 3.63) is 36.4 Å². The number of carbonyl (C=O) groups excluding carboxylic acids is 2. The van der Waals surface area contributed by atoms with Gasteiger partial charge in [-0.3, -0.25) is 9.59 Å². The molecular weight excluding hydrogens is 292 g/mol. The molecule has 1 aliphatic heterocycles. The Morgan fingerprint density at radius 2 is 1.83 bits per heavy atom. The Morgan fingerprint density at radius 1 is 1.09 bits per heavy atom. The van der Waals surface area contributed by atoms with Gasteiger partial charge < -0.3 is 15.4 Å². The van der Waals surface area contributed by atoms with Gasteiger partial charge in [-0.05, 0) is 55.9 Å². The molecule has 1 heterocycles. The third-order valence-electron chi connectivity index (χ3n) is 4.22. The first-order chi connectivity index (χ1) is 11.2. The van der Waals surface area contributed by atoms with E-state index in [1.165, 1.54) is 0 Å². The molecule has 0 unspecified atom stereocenters. The molecule has 1 aromatic carbocycles. The molecule has 122 valence electrons. The molecule has 1 fully saturated rings. The molecule has 0 spiro atoms. The number of benzene rings is 1. The fraction of sp³-hybridized carbons (Fsp3) is 0.444. The second-order valence-electron chi connectivity index (χ2n) is 6.09. The van der Waals surface area contributed by atoms with Gasteiger partial charge >= 0.3 is 0 Å². The van der Waals surface area contributed by atoms with E-state index in [-0.39, 0.29) is 17.9 Å². The molecule has 23 heavy (non-hydrogen) atoms. The van der Waals surface area contributed by atoms with Crippen molar-refractivity contribution >= 4 is 23.2 Å². The van der Waals surface area contributed by atoms with Crippen LogP contribution < -0.4 is 10.6 Å². The van der Waals surface area contributed by atoms with Crippen LogP contribution in [0.4, 0.5) is 11.4 Å². The molecule has 5 nitrogen and oxygen atoms in total. The second kappa shape index (κ2) is 7.42. The third kappa shape index (κ3) is 4.42. The average Bonchev–Trinajstić information content (AvgIpc) is 3.22. The number of ether oxygens (including phenoxy) is 1. The zero-order chi connectivity index (χ0) is 16.1. The van der Waals surface area contributed by atoms with Crippen LogP contribution in [0, 0.1) is 5.92 Å². The van der Waals surface area contributed by atoms with E-state index in [0.29, 0.717) is 24.6 Å². The lowest BCUT2D eigenvalue weighted by atomic mass is 10.1. The second-order valence-corrected chi connectivity index (χ2v) is 6.09. The summed E-state index contributed by atoms with van der Waals surface area (Å²) >= 11 is 0. The van der Waals surface area contributed by atoms with Crippen LogP contribution in [0.25, 0.3) is 0 Å². The summed E-state index contributed by atoms with van der Waals surface area (Å²) in [5.74, 6) is 0.282. The fourth-order valence-corrected chi connectivity index (χ4v) is 2.96. The molecule has 1 aliphatic carbocycles. The Kier molecular flexibility index (Phi) is 5.08. The smallest absolute Gasteiger partial charge is 0.253 e. The van der Waals surface area contributed by atoms with Gasteiger partial charge in [0.2, 0.25) is 5.91 Å². The van der Waals surface area contributed by atoms with E-state index < -0.39 is 0 Å². The SMILES string of the molecule is O=C(C[C@@H]1C=CCC1)Nc1ccc(NC(=O)[C@@H]2CCCO2)cc1. The van der Waals surface area contributed by atoms with Crippen molar-refractivity contribution in [2.45, 2.75) is 38.2 Å². The summed E-state index contributed by atoms with van der Waals surface area (Å²) in [7, 11) is 0. The van der Waals surface area contributed by atoms with Gasteiger partial charge in [0, 0.05) is 24.4 Å². The number of hydrogen-bond donors (Lipinski definition) is 2. The highest BCUT2D eigenvalue weighted by Gasteiger charge is 2.23. The maximum atomic E-state index is 12.0. The summed E-state index contributed by atoms with van der Waals surface area (Å²) in [5.41, 5.74) is 1.45. The van der Waals surface area contributed by atoms with Crippen molar-refractivity contribution in [2.24, 2.45) is 5.92 Å². The molecular formula is C18H22N2O3. The van der Waals surface area contributed by atoms with Crippen LogP contribution in [-0.2, 0) is 14.3 Å². The van der Waals surface area contributed by atoms with E-state index in [4.69, 9.17) is 4.74 Å². The van der Waals surface area contributed by atoms with Crippen LogP contribution in [0.2, 0.25) is 0 Å². The minimum absolute atomic E-state index is 0.0256. The van der Waals surface area contributed by atoms with Crippen molar-refractivity contribution in [2.75, 3.05) is 17.2 Å². The normalized spacial score (nSPS) is 23.0. The highest BCUT2D eigenvalue weighted by atomic mass is 16.5. The van der Waals surface area contributed by atoms with Crippen molar-refractivity contribution in [1.82, 2.24) is 0 Å². The Hall–Kier alpha value is -2.14. The predicted molar refractivity (Wildman–Crippen MR) is 89.2 cm³/mol. The molecule has 0 radical (unpaired) electrons. The van der Waals surface area contributed by atoms with Gasteiger partial charge in [0.1, 0.15) is 6.10 Å². The molecule has 2 amide bonds. The van der Waals surface area contributed by atoms with Gasteiger partial charge in [0.05, 0.1) is 0 Å². The Morgan fingerprint density at radius 3 is 2.43 bits per heavy atom. The summed E-state index contributed by atoms with van der Waals surface area (Å²) in [6.07, 6.45) is 8.25. The molecule has 1 saturated heterocycles. The van der Waals surface area contributed by atoms with E-state index in [0.717, 1.165) is 31.4 Å². The minimum Gasteiger partial charge on any atom is -0.368 e.